The lowest BCUT2D eigenvalue weighted by molar-refractivity contribution is 0.0648. The number of ketones is 1. The van der Waals surface area contributed by atoms with Gasteiger partial charge in [-0.05, 0) is 66.2 Å². The summed E-state index contributed by atoms with van der Waals surface area (Å²) in [5.74, 6) is -0.978. The monoisotopic (exact) mass is 394 g/mol. The molecular weight excluding hydrogens is 378 g/mol. The summed E-state index contributed by atoms with van der Waals surface area (Å²) in [6.07, 6.45) is -1.02. The number of ether oxygens (including phenoxy) is 1. The zero-order chi connectivity index (χ0) is 20.4. The fraction of sp³-hybridized carbons (Fsp3) is 0.0909. The minimum atomic E-state index is -1.02. The van der Waals surface area contributed by atoms with Crippen molar-refractivity contribution in [3.63, 3.8) is 0 Å². The van der Waals surface area contributed by atoms with E-state index in [0.717, 1.165) is 0 Å². The molecule has 7 heteroatoms. The zero-order valence-corrected chi connectivity index (χ0v) is 15.0. The van der Waals surface area contributed by atoms with Gasteiger partial charge in [0.1, 0.15) is 23.4 Å². The molecular formula is C22H16F2N2O3. The van der Waals surface area contributed by atoms with Crippen molar-refractivity contribution in [3.8, 4) is 5.75 Å². The van der Waals surface area contributed by atoms with E-state index in [9.17, 15) is 18.7 Å². The van der Waals surface area contributed by atoms with Crippen molar-refractivity contribution in [2.75, 3.05) is 0 Å². The number of phenolic OH excluding ortho intramolecular Hbond substituents is 1. The highest BCUT2D eigenvalue weighted by molar-refractivity contribution is 6.03. The molecule has 0 unspecified atom stereocenters. The average Bonchev–Trinajstić information content (AvgIpc) is 2.75. The van der Waals surface area contributed by atoms with Crippen molar-refractivity contribution in [3.05, 3.63) is 101 Å². The van der Waals surface area contributed by atoms with Crippen LogP contribution in [0.25, 0.3) is 0 Å². The minimum Gasteiger partial charge on any atom is -0.508 e. The number of nitrogens with one attached hydrogen (secondary N) is 1. The Kier molecular flexibility index (Phi) is 4.95. The van der Waals surface area contributed by atoms with Crippen LogP contribution in [0.1, 0.15) is 27.5 Å². The number of phenols is 1. The molecule has 0 aromatic heterocycles. The lowest BCUT2D eigenvalue weighted by Crippen LogP contribution is -2.43. The number of hydrogen-bond acceptors (Lipinski definition) is 5. The summed E-state index contributed by atoms with van der Waals surface area (Å²) in [5.41, 5.74) is 4.36. The minimum absolute atomic E-state index is 0.0845. The van der Waals surface area contributed by atoms with Gasteiger partial charge in [-0.25, -0.2) is 8.78 Å². The van der Waals surface area contributed by atoms with Crippen LogP contribution >= 0.6 is 0 Å². The number of hydrogen-bond donors (Lipinski definition) is 2. The standard InChI is InChI=1S/C22H16F2N2O3/c23-16-7-1-13(2-8-16)19-21(20(28)14-3-9-17(24)10-4-14)29-22(26-25-19)15-5-11-18(27)12-6-15/h1-12,19,21,25,27H/t19-,21+/m1/s1. The van der Waals surface area contributed by atoms with Gasteiger partial charge < -0.3 is 9.84 Å². The van der Waals surface area contributed by atoms with Gasteiger partial charge in [0.2, 0.25) is 11.7 Å². The first-order chi connectivity index (χ1) is 14.0. The van der Waals surface area contributed by atoms with E-state index in [1.165, 1.54) is 48.5 Å². The Hall–Kier alpha value is -3.74. The number of carbonyl (C=O) groups is 1. The molecule has 0 saturated carbocycles. The number of Topliss-reactive ketones (excluding diaryl/α,β-unsaturated/α-hetero) is 1. The number of aromatic hydroxyl groups is 1. The first-order valence-electron chi connectivity index (χ1n) is 8.86. The molecule has 3 aromatic rings. The molecule has 2 N–H and O–H groups in total. The van der Waals surface area contributed by atoms with Crippen LogP contribution in [0.4, 0.5) is 8.78 Å². The summed E-state index contributed by atoms with van der Waals surface area (Å²) in [6, 6.07) is 16.3. The van der Waals surface area contributed by atoms with Crippen LogP contribution in [0.15, 0.2) is 77.9 Å². The first-order valence-corrected chi connectivity index (χ1v) is 8.86. The third kappa shape index (κ3) is 3.94. The lowest BCUT2D eigenvalue weighted by Gasteiger charge is -2.31. The van der Waals surface area contributed by atoms with Crippen LogP contribution in [-0.2, 0) is 4.74 Å². The topological polar surface area (TPSA) is 70.9 Å². The van der Waals surface area contributed by atoms with E-state index in [2.05, 4.69) is 10.5 Å². The first kappa shape index (κ1) is 18.6. The molecule has 1 aliphatic rings. The van der Waals surface area contributed by atoms with Gasteiger partial charge >= 0.3 is 0 Å². The van der Waals surface area contributed by atoms with E-state index >= 15 is 0 Å². The summed E-state index contributed by atoms with van der Waals surface area (Å²) in [6.45, 7) is 0. The fourth-order valence-electron chi connectivity index (χ4n) is 3.05. The van der Waals surface area contributed by atoms with Crippen LogP contribution in [-0.4, -0.2) is 22.9 Å². The van der Waals surface area contributed by atoms with Crippen LogP contribution in [0, 0.1) is 11.6 Å². The van der Waals surface area contributed by atoms with E-state index in [4.69, 9.17) is 4.74 Å². The predicted octanol–water partition coefficient (Wildman–Crippen LogP) is 3.94. The molecule has 1 aliphatic heterocycles. The molecule has 2 atom stereocenters. The van der Waals surface area contributed by atoms with E-state index < -0.39 is 23.8 Å². The molecule has 0 bridgehead atoms. The van der Waals surface area contributed by atoms with Gasteiger partial charge in [0, 0.05) is 11.1 Å². The molecule has 4 rings (SSSR count). The summed E-state index contributed by atoms with van der Waals surface area (Å²) >= 11 is 0. The molecule has 29 heavy (non-hydrogen) atoms. The molecule has 5 nitrogen and oxygen atoms in total. The Morgan fingerprint density at radius 1 is 0.897 bits per heavy atom. The van der Waals surface area contributed by atoms with Crippen molar-refractivity contribution in [2.45, 2.75) is 12.1 Å². The highest BCUT2D eigenvalue weighted by atomic mass is 19.1. The maximum atomic E-state index is 13.3. The van der Waals surface area contributed by atoms with E-state index in [1.807, 2.05) is 0 Å². The van der Waals surface area contributed by atoms with Gasteiger partial charge in [0.15, 0.2) is 6.10 Å². The summed E-state index contributed by atoms with van der Waals surface area (Å²) in [5, 5.41) is 13.7. The molecule has 0 saturated heterocycles. The second kappa shape index (κ2) is 7.71. The molecule has 3 aromatic carbocycles. The Bertz CT molecular complexity index is 1050. The fourth-order valence-corrected chi connectivity index (χ4v) is 3.05. The second-order valence-corrected chi connectivity index (χ2v) is 6.53. The highest BCUT2D eigenvalue weighted by Crippen LogP contribution is 2.27. The Balaban J connectivity index is 1.70. The van der Waals surface area contributed by atoms with Gasteiger partial charge in [-0.15, -0.1) is 5.10 Å². The van der Waals surface area contributed by atoms with Crippen LogP contribution in [0.3, 0.4) is 0 Å². The Labute approximate surface area is 165 Å². The highest BCUT2D eigenvalue weighted by Gasteiger charge is 2.36. The molecule has 0 spiro atoms. The maximum absolute atomic E-state index is 13.3. The van der Waals surface area contributed by atoms with Crippen molar-refractivity contribution in [1.29, 1.82) is 0 Å². The van der Waals surface area contributed by atoms with Crippen molar-refractivity contribution < 1.29 is 23.4 Å². The summed E-state index contributed by atoms with van der Waals surface area (Å²) in [4.78, 5) is 13.1. The number of benzene rings is 3. The molecule has 0 amide bonds. The van der Waals surface area contributed by atoms with Gasteiger partial charge in [-0.1, -0.05) is 12.1 Å². The van der Waals surface area contributed by atoms with Crippen molar-refractivity contribution >= 4 is 11.7 Å². The zero-order valence-electron chi connectivity index (χ0n) is 15.0. The number of rotatable bonds is 4. The van der Waals surface area contributed by atoms with Crippen molar-refractivity contribution in [1.82, 2.24) is 5.43 Å². The summed E-state index contributed by atoms with van der Waals surface area (Å²) < 4.78 is 32.5. The smallest absolute Gasteiger partial charge is 0.238 e. The second-order valence-electron chi connectivity index (χ2n) is 6.53. The summed E-state index contributed by atoms with van der Waals surface area (Å²) in [7, 11) is 0. The quantitative estimate of drug-likeness (QED) is 0.658. The third-order valence-corrected chi connectivity index (χ3v) is 4.58. The molecule has 0 fully saturated rings. The largest absolute Gasteiger partial charge is 0.508 e. The molecule has 0 aliphatic carbocycles. The van der Waals surface area contributed by atoms with Crippen LogP contribution < -0.4 is 5.43 Å². The van der Waals surface area contributed by atoms with E-state index in [0.29, 0.717) is 11.1 Å². The number of halogens is 2. The molecule has 1 heterocycles. The third-order valence-electron chi connectivity index (χ3n) is 4.58. The molecule has 0 radical (unpaired) electrons. The normalized spacial score (nSPS) is 18.3. The number of hydrazone groups is 1. The van der Waals surface area contributed by atoms with Gasteiger partial charge in [0.25, 0.3) is 0 Å². The van der Waals surface area contributed by atoms with Gasteiger partial charge in [-0.3, -0.25) is 10.2 Å². The predicted molar refractivity (Wildman–Crippen MR) is 103 cm³/mol. The van der Waals surface area contributed by atoms with Crippen LogP contribution in [0.2, 0.25) is 0 Å². The van der Waals surface area contributed by atoms with Crippen molar-refractivity contribution in [2.24, 2.45) is 5.10 Å². The molecule has 146 valence electrons. The average molecular weight is 394 g/mol. The van der Waals surface area contributed by atoms with Gasteiger partial charge in [0.05, 0.1) is 0 Å². The Morgan fingerprint density at radius 2 is 1.48 bits per heavy atom. The lowest BCUT2D eigenvalue weighted by atomic mass is 9.94. The van der Waals surface area contributed by atoms with E-state index in [-0.39, 0.29) is 23.0 Å². The SMILES string of the molecule is O=C(c1ccc(F)cc1)[C@H]1OC(c2ccc(O)cc2)=NN[C@@H]1c1ccc(F)cc1. The number of carbonyl (C=O) groups excluding carboxylic acids is 1. The van der Waals surface area contributed by atoms with Crippen LogP contribution in [0.5, 0.6) is 5.75 Å². The number of nitrogens with zero attached hydrogens (tertiary/aromatic N) is 1. The van der Waals surface area contributed by atoms with E-state index in [1.54, 1.807) is 24.3 Å². The maximum Gasteiger partial charge on any atom is 0.238 e. The van der Waals surface area contributed by atoms with Gasteiger partial charge in [-0.2, -0.15) is 0 Å². The Morgan fingerprint density at radius 3 is 2.10 bits per heavy atom.